The molecule has 1 unspecified atom stereocenters. The molecule has 1 aromatic rings. The second-order valence-corrected chi connectivity index (χ2v) is 11.3. The van der Waals surface area contributed by atoms with Crippen molar-refractivity contribution in [2.45, 2.75) is 76.5 Å². The first-order valence-electron chi connectivity index (χ1n) is 13.0. The van der Waals surface area contributed by atoms with Gasteiger partial charge < -0.3 is 19.6 Å². The number of carboxylic acid groups (broad SMARTS) is 1. The van der Waals surface area contributed by atoms with Crippen LogP contribution in [-0.4, -0.2) is 83.7 Å². The number of hydrogen-bond acceptors (Lipinski definition) is 5. The van der Waals surface area contributed by atoms with Crippen LogP contribution in [-0.2, 0) is 16.1 Å². The molecule has 1 atom stereocenters. The summed E-state index contributed by atoms with van der Waals surface area (Å²) in [5.41, 5.74) is 1.85. The van der Waals surface area contributed by atoms with Gasteiger partial charge in [0.2, 0.25) is 0 Å². The van der Waals surface area contributed by atoms with Crippen LogP contribution in [0.1, 0.15) is 50.2 Å². The highest BCUT2D eigenvalue weighted by atomic mass is 19.4. The van der Waals surface area contributed by atoms with E-state index in [9.17, 15) is 41.0 Å². The molecule has 0 radical (unpaired) electrons. The number of aliphatic carboxylic acids is 1. The molecule has 1 aromatic carbocycles. The van der Waals surface area contributed by atoms with Gasteiger partial charge in [0.25, 0.3) is 6.10 Å². The molecule has 0 aliphatic carbocycles. The van der Waals surface area contributed by atoms with E-state index in [1.54, 1.807) is 6.92 Å². The van der Waals surface area contributed by atoms with Gasteiger partial charge in [0.15, 0.2) is 0 Å². The second-order valence-electron chi connectivity index (χ2n) is 11.3. The molecule has 39 heavy (non-hydrogen) atoms. The first-order valence-corrected chi connectivity index (χ1v) is 13.0. The topological polar surface area (TPSA) is 73.3 Å². The molecule has 3 fully saturated rings. The van der Waals surface area contributed by atoms with Gasteiger partial charge in [-0.2, -0.15) is 26.3 Å². The number of carbonyl (C=O) groups is 2. The standard InChI is InChI=1S/C26H33F6N3O4/c1-17-4-5-18(19(14-17)34-11-7-23(2,16-34)21(36)37)15-35-10-3-6-24(35)8-12-33(13-9-24)22(38)39-20(25(27,28)29)26(30,31)32/h4-5,14,20H,3,6-13,15-16H2,1-2H3,(H,36,37). The largest absolute Gasteiger partial charge is 0.481 e. The molecular formula is C26H33F6N3O4. The number of likely N-dealkylation sites (tertiary alicyclic amines) is 2. The van der Waals surface area contributed by atoms with E-state index >= 15 is 0 Å². The van der Waals surface area contributed by atoms with Gasteiger partial charge in [0, 0.05) is 44.0 Å². The van der Waals surface area contributed by atoms with Crippen LogP contribution in [0.4, 0.5) is 36.8 Å². The molecule has 1 amide bonds. The lowest BCUT2D eigenvalue weighted by Gasteiger charge is -2.45. The summed E-state index contributed by atoms with van der Waals surface area (Å²) in [6, 6.07) is 6.06. The summed E-state index contributed by atoms with van der Waals surface area (Å²) >= 11 is 0. The number of carboxylic acids is 1. The number of piperidine rings is 1. The zero-order chi connectivity index (χ0) is 28.8. The Bertz CT molecular complexity index is 1070. The smallest absolute Gasteiger partial charge is 0.434 e. The van der Waals surface area contributed by atoms with Crippen molar-refractivity contribution in [2.24, 2.45) is 5.41 Å². The number of ether oxygens (including phenoxy) is 1. The number of amides is 1. The first-order chi connectivity index (χ1) is 18.0. The molecular weight excluding hydrogens is 532 g/mol. The van der Waals surface area contributed by atoms with Crippen molar-refractivity contribution < 1.29 is 45.8 Å². The highest BCUT2D eigenvalue weighted by Crippen LogP contribution is 2.42. The van der Waals surface area contributed by atoms with E-state index in [4.69, 9.17) is 0 Å². The van der Waals surface area contributed by atoms with Gasteiger partial charge in [-0.05, 0) is 69.7 Å². The Morgan fingerprint density at radius 3 is 2.21 bits per heavy atom. The minimum atomic E-state index is -5.75. The quantitative estimate of drug-likeness (QED) is 0.485. The fraction of sp³-hybridized carbons (Fsp3) is 0.692. The number of halogens is 6. The molecule has 3 aliphatic heterocycles. The molecule has 0 bridgehead atoms. The molecule has 0 aromatic heterocycles. The Kier molecular flexibility index (Phi) is 7.78. The number of aryl methyl sites for hydroxylation is 1. The van der Waals surface area contributed by atoms with Crippen LogP contribution in [0.15, 0.2) is 18.2 Å². The Hall–Kier alpha value is -2.70. The number of nitrogens with zero attached hydrogens (tertiary/aromatic N) is 3. The average Bonchev–Trinajstić information content (AvgIpc) is 3.42. The minimum absolute atomic E-state index is 0.0123. The lowest BCUT2D eigenvalue weighted by Crippen LogP contribution is -2.54. The van der Waals surface area contributed by atoms with Crippen LogP contribution in [0.5, 0.6) is 0 Å². The van der Waals surface area contributed by atoms with Crippen molar-refractivity contribution >= 4 is 17.7 Å². The van der Waals surface area contributed by atoms with Gasteiger partial charge >= 0.3 is 24.4 Å². The number of hydrogen-bond donors (Lipinski definition) is 1. The van der Waals surface area contributed by atoms with E-state index < -0.39 is 35.9 Å². The van der Waals surface area contributed by atoms with Crippen LogP contribution in [0, 0.1) is 12.3 Å². The number of anilines is 1. The maximum atomic E-state index is 12.8. The lowest BCUT2D eigenvalue weighted by atomic mass is 9.84. The summed E-state index contributed by atoms with van der Waals surface area (Å²) in [5.74, 6) is -0.834. The summed E-state index contributed by atoms with van der Waals surface area (Å²) in [4.78, 5) is 29.3. The number of rotatable bonds is 5. The third-order valence-corrected chi connectivity index (χ3v) is 8.44. The molecule has 7 nitrogen and oxygen atoms in total. The Balaban J connectivity index is 1.45. The second kappa shape index (κ2) is 10.4. The van der Waals surface area contributed by atoms with Gasteiger partial charge in [-0.3, -0.25) is 9.69 Å². The van der Waals surface area contributed by atoms with Crippen LogP contribution in [0.2, 0.25) is 0 Å². The molecule has 1 spiro atoms. The van der Waals surface area contributed by atoms with Crippen LogP contribution in [0.25, 0.3) is 0 Å². The summed E-state index contributed by atoms with van der Waals surface area (Å²) in [6.07, 6.45) is -14.3. The first kappa shape index (κ1) is 29.3. The van der Waals surface area contributed by atoms with Crippen LogP contribution in [0.3, 0.4) is 0 Å². The van der Waals surface area contributed by atoms with Crippen molar-refractivity contribution in [3.8, 4) is 0 Å². The monoisotopic (exact) mass is 565 g/mol. The molecule has 13 heteroatoms. The molecule has 1 N–H and O–H groups in total. The fourth-order valence-electron chi connectivity index (χ4n) is 6.06. The molecule has 4 rings (SSSR count). The van der Waals surface area contributed by atoms with Crippen molar-refractivity contribution in [1.29, 1.82) is 0 Å². The molecule has 3 saturated heterocycles. The maximum absolute atomic E-state index is 12.8. The lowest BCUT2D eigenvalue weighted by molar-refractivity contribution is -0.308. The minimum Gasteiger partial charge on any atom is -0.481 e. The summed E-state index contributed by atoms with van der Waals surface area (Å²) in [5, 5.41) is 9.66. The van der Waals surface area contributed by atoms with Crippen molar-refractivity contribution in [3.63, 3.8) is 0 Å². The van der Waals surface area contributed by atoms with E-state index in [2.05, 4.69) is 14.5 Å². The summed E-state index contributed by atoms with van der Waals surface area (Å²) < 4.78 is 80.9. The normalized spacial score (nSPS) is 24.1. The Morgan fingerprint density at radius 1 is 1.00 bits per heavy atom. The number of benzene rings is 1. The van der Waals surface area contributed by atoms with Gasteiger partial charge in [-0.1, -0.05) is 12.1 Å². The van der Waals surface area contributed by atoms with E-state index in [0.717, 1.165) is 41.1 Å². The van der Waals surface area contributed by atoms with E-state index in [0.29, 0.717) is 38.9 Å². The predicted molar refractivity (Wildman–Crippen MR) is 129 cm³/mol. The van der Waals surface area contributed by atoms with Crippen molar-refractivity contribution in [3.05, 3.63) is 29.3 Å². The fourth-order valence-corrected chi connectivity index (χ4v) is 6.06. The van der Waals surface area contributed by atoms with Crippen LogP contribution < -0.4 is 4.90 Å². The molecule has 218 valence electrons. The third kappa shape index (κ3) is 6.07. The molecule has 3 aliphatic rings. The zero-order valence-electron chi connectivity index (χ0n) is 21.9. The maximum Gasteiger partial charge on any atom is 0.434 e. The number of alkyl halides is 6. The molecule has 3 heterocycles. The Morgan fingerprint density at radius 2 is 1.64 bits per heavy atom. The molecule has 0 saturated carbocycles. The van der Waals surface area contributed by atoms with E-state index in [-0.39, 0.29) is 18.6 Å². The van der Waals surface area contributed by atoms with Gasteiger partial charge in [0.05, 0.1) is 5.41 Å². The SMILES string of the molecule is Cc1ccc(CN2CCCC23CCN(C(=O)OC(C(F)(F)F)C(F)(F)F)CC3)c(N2CCC(C)(C(=O)O)C2)c1. The highest BCUT2D eigenvalue weighted by Gasteiger charge is 2.60. The van der Waals surface area contributed by atoms with Gasteiger partial charge in [-0.25, -0.2) is 4.79 Å². The Labute approximate surface area is 222 Å². The summed E-state index contributed by atoms with van der Waals surface area (Å²) in [6.45, 7) is 6.00. The number of carbonyl (C=O) groups excluding carboxylic acids is 1. The van der Waals surface area contributed by atoms with Gasteiger partial charge in [0.1, 0.15) is 0 Å². The van der Waals surface area contributed by atoms with E-state index in [1.807, 2.05) is 25.1 Å². The zero-order valence-corrected chi connectivity index (χ0v) is 21.9. The van der Waals surface area contributed by atoms with Crippen molar-refractivity contribution in [1.82, 2.24) is 9.80 Å². The highest BCUT2D eigenvalue weighted by molar-refractivity contribution is 5.76. The third-order valence-electron chi connectivity index (χ3n) is 8.44. The summed E-state index contributed by atoms with van der Waals surface area (Å²) in [7, 11) is 0. The average molecular weight is 566 g/mol. The van der Waals surface area contributed by atoms with Crippen LogP contribution >= 0.6 is 0 Å². The van der Waals surface area contributed by atoms with E-state index in [1.165, 1.54) is 0 Å². The van der Waals surface area contributed by atoms with Gasteiger partial charge in [-0.15, -0.1) is 0 Å². The predicted octanol–water partition coefficient (Wildman–Crippen LogP) is 5.36. The van der Waals surface area contributed by atoms with Crippen molar-refractivity contribution in [2.75, 3.05) is 37.6 Å².